The number of carbonyl (C=O) groups excluding carboxylic acids is 1. The highest BCUT2D eigenvalue weighted by Gasteiger charge is 2.20. The van der Waals surface area contributed by atoms with Crippen LogP contribution in [-0.4, -0.2) is 28.1 Å². The van der Waals surface area contributed by atoms with E-state index in [-0.39, 0.29) is 11.3 Å². The van der Waals surface area contributed by atoms with Gasteiger partial charge in [0.2, 0.25) is 0 Å². The third-order valence-electron chi connectivity index (χ3n) is 1.82. The van der Waals surface area contributed by atoms with Gasteiger partial charge in [-0.1, -0.05) is 0 Å². The van der Waals surface area contributed by atoms with Gasteiger partial charge in [-0.2, -0.15) is 0 Å². The highest BCUT2D eigenvalue weighted by molar-refractivity contribution is 7.90. The molecule has 0 aliphatic heterocycles. The summed E-state index contributed by atoms with van der Waals surface area (Å²) >= 11 is 0. The number of hydrogen-bond donors (Lipinski definition) is 0. The Bertz CT molecular complexity index is 493. The topological polar surface area (TPSA) is 60.4 Å². The van der Waals surface area contributed by atoms with Crippen LogP contribution in [0.3, 0.4) is 0 Å². The summed E-state index contributed by atoms with van der Waals surface area (Å²) in [6.07, 6.45) is 1.28. The molecule has 82 valence electrons. The van der Waals surface area contributed by atoms with E-state index < -0.39 is 20.5 Å². The highest BCUT2D eigenvalue weighted by Crippen LogP contribution is 2.27. The van der Waals surface area contributed by atoms with E-state index in [4.69, 9.17) is 0 Å². The summed E-state index contributed by atoms with van der Waals surface area (Å²) in [4.78, 5) is 10.0. The molecule has 0 fully saturated rings. The fourth-order valence-corrected chi connectivity index (χ4v) is 1.87. The lowest BCUT2D eigenvalue weighted by atomic mass is 10.2. The minimum atomic E-state index is -3.66. The van der Waals surface area contributed by atoms with E-state index in [1.54, 1.807) is 0 Å². The second kappa shape index (κ2) is 3.98. The molecule has 0 aromatic heterocycles. The summed E-state index contributed by atoms with van der Waals surface area (Å²) in [5.41, 5.74) is -0.0256. The van der Waals surface area contributed by atoms with Crippen molar-refractivity contribution in [2.45, 2.75) is 4.90 Å². The van der Waals surface area contributed by atoms with Gasteiger partial charge < -0.3 is 4.74 Å². The molecule has 0 amide bonds. The Kier molecular flexibility index (Phi) is 3.09. The Morgan fingerprint density at radius 2 is 2.00 bits per heavy atom. The van der Waals surface area contributed by atoms with Crippen molar-refractivity contribution in [2.24, 2.45) is 0 Å². The van der Waals surface area contributed by atoms with Gasteiger partial charge in [-0.3, -0.25) is 4.79 Å². The summed E-state index contributed by atoms with van der Waals surface area (Å²) in [6.45, 7) is 0. The first-order chi connectivity index (χ1) is 6.91. The van der Waals surface area contributed by atoms with Gasteiger partial charge in [-0.05, 0) is 12.1 Å². The molecule has 0 saturated heterocycles. The minimum absolute atomic E-state index is 0.0256. The summed E-state index contributed by atoms with van der Waals surface area (Å²) < 4.78 is 40.5. The molecular weight excluding hydrogens is 223 g/mol. The van der Waals surface area contributed by atoms with Crippen molar-refractivity contribution in [1.29, 1.82) is 0 Å². The molecule has 4 nitrogen and oxygen atoms in total. The molecule has 1 aromatic carbocycles. The number of halogens is 1. The van der Waals surface area contributed by atoms with Crippen LogP contribution in [0.1, 0.15) is 10.4 Å². The first-order valence-corrected chi connectivity index (χ1v) is 5.82. The maximum atomic E-state index is 13.6. The molecule has 0 aliphatic rings. The summed E-state index contributed by atoms with van der Waals surface area (Å²) in [5.74, 6) is -1.39. The van der Waals surface area contributed by atoms with Gasteiger partial charge in [0, 0.05) is 6.26 Å². The standard InChI is InChI=1S/C9H9FO4S/c1-14-9-6(5-11)3-4-7(8(9)10)15(2,12)13/h3-5H,1-2H3. The fourth-order valence-electron chi connectivity index (χ4n) is 1.14. The second-order valence-electron chi connectivity index (χ2n) is 2.89. The molecular formula is C9H9FO4S. The van der Waals surface area contributed by atoms with Crippen LogP contribution in [0.2, 0.25) is 0 Å². The van der Waals surface area contributed by atoms with Crippen LogP contribution in [-0.2, 0) is 9.84 Å². The van der Waals surface area contributed by atoms with Crippen LogP contribution >= 0.6 is 0 Å². The van der Waals surface area contributed by atoms with Gasteiger partial charge in [-0.15, -0.1) is 0 Å². The zero-order chi connectivity index (χ0) is 11.6. The predicted octanol–water partition coefficient (Wildman–Crippen LogP) is 1.05. The number of hydrogen-bond acceptors (Lipinski definition) is 4. The van der Waals surface area contributed by atoms with Crippen LogP contribution in [0.4, 0.5) is 4.39 Å². The molecule has 15 heavy (non-hydrogen) atoms. The third-order valence-corrected chi connectivity index (χ3v) is 2.94. The van der Waals surface area contributed by atoms with Crippen molar-refractivity contribution in [1.82, 2.24) is 0 Å². The molecule has 0 saturated carbocycles. The third kappa shape index (κ3) is 2.15. The highest BCUT2D eigenvalue weighted by atomic mass is 32.2. The summed E-state index contributed by atoms with van der Waals surface area (Å²) in [7, 11) is -2.50. The molecule has 0 spiro atoms. The van der Waals surface area contributed by atoms with Crippen LogP contribution in [0, 0.1) is 5.82 Å². The lowest BCUT2D eigenvalue weighted by molar-refractivity contribution is 0.111. The van der Waals surface area contributed by atoms with Crippen LogP contribution in [0.5, 0.6) is 5.75 Å². The van der Waals surface area contributed by atoms with E-state index in [0.29, 0.717) is 6.29 Å². The molecule has 0 unspecified atom stereocenters. The smallest absolute Gasteiger partial charge is 0.184 e. The monoisotopic (exact) mass is 232 g/mol. The number of aldehydes is 1. The number of ether oxygens (including phenoxy) is 1. The Hall–Kier alpha value is -1.43. The van der Waals surface area contributed by atoms with E-state index in [1.165, 1.54) is 6.07 Å². The van der Waals surface area contributed by atoms with Crippen molar-refractivity contribution < 1.29 is 22.3 Å². The van der Waals surface area contributed by atoms with Gasteiger partial charge >= 0.3 is 0 Å². The molecule has 0 bridgehead atoms. The number of benzene rings is 1. The van der Waals surface area contributed by atoms with Crippen LogP contribution < -0.4 is 4.74 Å². The van der Waals surface area contributed by atoms with Crippen molar-refractivity contribution in [3.63, 3.8) is 0 Å². The predicted molar refractivity (Wildman–Crippen MR) is 51.4 cm³/mol. The number of carbonyl (C=O) groups is 1. The molecule has 0 aliphatic carbocycles. The van der Waals surface area contributed by atoms with Gasteiger partial charge in [0.05, 0.1) is 12.7 Å². The first-order valence-electron chi connectivity index (χ1n) is 3.93. The fraction of sp³-hybridized carbons (Fsp3) is 0.222. The van der Waals surface area contributed by atoms with E-state index >= 15 is 0 Å². The quantitative estimate of drug-likeness (QED) is 0.731. The Labute approximate surface area is 86.6 Å². The first kappa shape index (κ1) is 11.6. The van der Waals surface area contributed by atoms with E-state index in [1.807, 2.05) is 0 Å². The maximum Gasteiger partial charge on any atom is 0.184 e. The largest absolute Gasteiger partial charge is 0.493 e. The zero-order valence-corrected chi connectivity index (χ0v) is 8.97. The minimum Gasteiger partial charge on any atom is -0.493 e. The average molecular weight is 232 g/mol. The van der Waals surface area contributed by atoms with Gasteiger partial charge in [0.1, 0.15) is 4.90 Å². The van der Waals surface area contributed by atoms with Crippen LogP contribution in [0.15, 0.2) is 17.0 Å². The maximum absolute atomic E-state index is 13.6. The van der Waals surface area contributed by atoms with Crippen molar-refractivity contribution in [2.75, 3.05) is 13.4 Å². The lowest BCUT2D eigenvalue weighted by Gasteiger charge is -2.07. The molecule has 6 heteroatoms. The molecule has 1 aromatic rings. The Balaban J connectivity index is 3.56. The normalized spacial score (nSPS) is 11.1. The van der Waals surface area contributed by atoms with E-state index in [0.717, 1.165) is 19.4 Å². The number of methoxy groups -OCH3 is 1. The number of rotatable bonds is 3. The lowest BCUT2D eigenvalue weighted by Crippen LogP contribution is -2.04. The Morgan fingerprint density at radius 1 is 1.40 bits per heavy atom. The van der Waals surface area contributed by atoms with E-state index in [9.17, 15) is 17.6 Å². The number of sulfone groups is 1. The molecule has 0 radical (unpaired) electrons. The Morgan fingerprint density at radius 3 is 2.40 bits per heavy atom. The average Bonchev–Trinajstić information content (AvgIpc) is 2.15. The zero-order valence-electron chi connectivity index (χ0n) is 8.15. The SMILES string of the molecule is COc1c(C=O)ccc(S(C)(=O)=O)c1F. The van der Waals surface area contributed by atoms with Gasteiger partial charge in [0.25, 0.3) is 0 Å². The molecule has 0 heterocycles. The van der Waals surface area contributed by atoms with Gasteiger partial charge in [0.15, 0.2) is 27.7 Å². The molecule has 1 rings (SSSR count). The summed E-state index contributed by atoms with van der Waals surface area (Å²) in [6, 6.07) is 2.24. The molecule has 0 atom stereocenters. The second-order valence-corrected chi connectivity index (χ2v) is 4.87. The molecule has 0 N–H and O–H groups in total. The summed E-state index contributed by atoms with van der Waals surface area (Å²) in [5, 5.41) is 0. The van der Waals surface area contributed by atoms with Crippen molar-refractivity contribution >= 4 is 16.1 Å². The van der Waals surface area contributed by atoms with Gasteiger partial charge in [-0.25, -0.2) is 12.8 Å². The van der Waals surface area contributed by atoms with Crippen molar-refractivity contribution in [3.8, 4) is 5.75 Å². The van der Waals surface area contributed by atoms with E-state index in [2.05, 4.69) is 4.74 Å². The van der Waals surface area contributed by atoms with Crippen molar-refractivity contribution in [3.05, 3.63) is 23.5 Å². The van der Waals surface area contributed by atoms with Crippen LogP contribution in [0.25, 0.3) is 0 Å².